The lowest BCUT2D eigenvalue weighted by molar-refractivity contribution is -0.225. The Hall–Kier alpha value is 0.0300. The Labute approximate surface area is 166 Å². The molecule has 0 saturated heterocycles. The minimum absolute atomic E-state index is 0.00380. The van der Waals surface area contributed by atoms with Crippen LogP contribution < -0.4 is 0 Å². The van der Waals surface area contributed by atoms with Crippen LogP contribution in [0.2, 0.25) is 0 Å². The molecule has 0 rings (SSSR count). The first-order valence-corrected chi connectivity index (χ1v) is 12.5. The Morgan fingerprint density at radius 1 is 0.667 bits per heavy atom. The SMILES string of the molecule is CCCCCCCCCCCCCCCCOOP(=O)(O)OCCOCC. The molecule has 0 bridgehead atoms. The Bertz CT molecular complexity index is 340. The van der Waals surface area contributed by atoms with Crippen LogP contribution in [0.15, 0.2) is 0 Å². The molecule has 164 valence electrons. The van der Waals surface area contributed by atoms with Crippen LogP contribution in [-0.4, -0.2) is 31.3 Å². The summed E-state index contributed by atoms with van der Waals surface area (Å²) in [6.45, 7) is 5.20. The van der Waals surface area contributed by atoms with E-state index in [1.54, 1.807) is 0 Å². The summed E-state index contributed by atoms with van der Waals surface area (Å²) in [5.41, 5.74) is 0. The van der Waals surface area contributed by atoms with E-state index in [1.807, 2.05) is 6.92 Å². The summed E-state index contributed by atoms with van der Waals surface area (Å²) < 4.78 is 25.6. The van der Waals surface area contributed by atoms with Gasteiger partial charge in [0.25, 0.3) is 0 Å². The number of ether oxygens (including phenoxy) is 1. The molecule has 1 N–H and O–H groups in total. The highest BCUT2D eigenvalue weighted by atomic mass is 31.2. The molecule has 0 aliphatic heterocycles. The molecule has 27 heavy (non-hydrogen) atoms. The molecular formula is C20H43O6P. The van der Waals surface area contributed by atoms with Crippen molar-refractivity contribution in [3.8, 4) is 0 Å². The van der Waals surface area contributed by atoms with E-state index in [9.17, 15) is 9.46 Å². The Morgan fingerprint density at radius 3 is 1.63 bits per heavy atom. The Balaban J connectivity index is 3.21. The summed E-state index contributed by atoms with van der Waals surface area (Å²) >= 11 is 0. The maximum absolute atomic E-state index is 11.5. The second-order valence-corrected chi connectivity index (χ2v) is 8.34. The normalized spacial score (nSPS) is 13.7. The highest BCUT2D eigenvalue weighted by Gasteiger charge is 2.22. The molecule has 0 radical (unpaired) electrons. The standard InChI is InChI=1S/C20H43O6P/c1-3-5-6-7-8-9-10-11-12-13-14-15-16-17-18-24-26-27(21,22)25-20-19-23-4-2/h3-20H2,1-2H3,(H,21,22). The largest absolute Gasteiger partial charge is 0.499 e. The van der Waals surface area contributed by atoms with Crippen molar-refractivity contribution in [1.82, 2.24) is 0 Å². The quantitative estimate of drug-likeness (QED) is 0.0941. The molecule has 0 fully saturated rings. The molecule has 1 unspecified atom stereocenters. The molecule has 0 aromatic heterocycles. The van der Waals surface area contributed by atoms with Crippen LogP contribution in [0.25, 0.3) is 0 Å². The summed E-state index contributed by atoms with van der Waals surface area (Å²) in [6, 6.07) is 0. The number of phosphoric acid groups is 1. The third kappa shape index (κ3) is 22.2. The molecule has 0 aliphatic carbocycles. The number of hydrogen-bond acceptors (Lipinski definition) is 5. The van der Waals surface area contributed by atoms with Crippen molar-refractivity contribution in [3.63, 3.8) is 0 Å². The molecule has 0 aliphatic rings. The van der Waals surface area contributed by atoms with E-state index in [-0.39, 0.29) is 13.2 Å². The third-order valence-corrected chi connectivity index (χ3v) is 5.22. The monoisotopic (exact) mass is 410 g/mol. The van der Waals surface area contributed by atoms with E-state index in [1.165, 1.54) is 77.0 Å². The van der Waals surface area contributed by atoms with Gasteiger partial charge in [0.1, 0.15) is 0 Å². The van der Waals surface area contributed by atoms with Gasteiger partial charge in [0, 0.05) is 6.61 Å². The average Bonchev–Trinajstić information content (AvgIpc) is 2.65. The Kier molecular flexibility index (Phi) is 20.8. The molecule has 0 heterocycles. The molecule has 0 spiro atoms. The van der Waals surface area contributed by atoms with Crippen molar-refractivity contribution < 1.29 is 28.3 Å². The first kappa shape index (κ1) is 27.0. The molecule has 0 saturated carbocycles. The summed E-state index contributed by atoms with van der Waals surface area (Å²) in [7, 11) is -4.12. The van der Waals surface area contributed by atoms with Gasteiger partial charge in [-0.25, -0.2) is 9.45 Å². The van der Waals surface area contributed by atoms with Gasteiger partial charge in [-0.1, -0.05) is 90.4 Å². The van der Waals surface area contributed by atoms with Crippen LogP contribution in [0, 0.1) is 0 Å². The molecule has 6 nitrogen and oxygen atoms in total. The van der Waals surface area contributed by atoms with E-state index < -0.39 is 7.82 Å². The lowest BCUT2D eigenvalue weighted by Crippen LogP contribution is -2.05. The van der Waals surface area contributed by atoms with Crippen LogP contribution >= 0.6 is 7.82 Å². The number of rotatable bonds is 22. The third-order valence-electron chi connectivity index (χ3n) is 4.41. The molecule has 0 aromatic carbocycles. The van der Waals surface area contributed by atoms with Crippen LogP contribution in [0.3, 0.4) is 0 Å². The van der Waals surface area contributed by atoms with E-state index in [4.69, 9.17) is 14.1 Å². The van der Waals surface area contributed by atoms with E-state index in [2.05, 4.69) is 11.6 Å². The van der Waals surface area contributed by atoms with Crippen molar-refractivity contribution in [3.05, 3.63) is 0 Å². The Morgan fingerprint density at radius 2 is 1.15 bits per heavy atom. The summed E-state index contributed by atoms with van der Waals surface area (Å²) in [4.78, 5) is 14.1. The zero-order valence-electron chi connectivity index (χ0n) is 17.7. The molecular weight excluding hydrogens is 367 g/mol. The van der Waals surface area contributed by atoms with E-state index in [0.717, 1.165) is 12.8 Å². The van der Waals surface area contributed by atoms with Gasteiger partial charge in [0.15, 0.2) is 0 Å². The van der Waals surface area contributed by atoms with Gasteiger partial charge in [-0.05, 0) is 13.3 Å². The van der Waals surface area contributed by atoms with Crippen LogP contribution in [-0.2, 0) is 23.4 Å². The molecule has 0 amide bonds. The highest BCUT2D eigenvalue weighted by molar-refractivity contribution is 7.47. The van der Waals surface area contributed by atoms with Crippen LogP contribution in [0.4, 0.5) is 0 Å². The summed E-state index contributed by atoms with van der Waals surface area (Å²) in [5.74, 6) is 0. The predicted molar refractivity (Wildman–Crippen MR) is 110 cm³/mol. The smallest absolute Gasteiger partial charge is 0.379 e. The zero-order chi connectivity index (χ0) is 20.1. The number of phosphoric ester groups is 1. The van der Waals surface area contributed by atoms with Gasteiger partial charge in [-0.2, -0.15) is 0 Å². The number of unbranched alkanes of at least 4 members (excludes halogenated alkanes) is 13. The zero-order valence-corrected chi connectivity index (χ0v) is 18.6. The van der Waals surface area contributed by atoms with Gasteiger partial charge in [0.05, 0.1) is 19.8 Å². The van der Waals surface area contributed by atoms with Gasteiger partial charge in [-0.3, -0.25) is 4.52 Å². The van der Waals surface area contributed by atoms with Crippen molar-refractivity contribution in [2.75, 3.05) is 26.4 Å². The fourth-order valence-corrected chi connectivity index (χ4v) is 3.39. The van der Waals surface area contributed by atoms with Gasteiger partial charge < -0.3 is 9.63 Å². The van der Waals surface area contributed by atoms with Crippen LogP contribution in [0.1, 0.15) is 104 Å². The first-order valence-electron chi connectivity index (χ1n) is 11.0. The fourth-order valence-electron chi connectivity index (χ4n) is 2.84. The molecule has 7 heteroatoms. The van der Waals surface area contributed by atoms with Gasteiger partial charge in [0.2, 0.25) is 0 Å². The van der Waals surface area contributed by atoms with Crippen molar-refractivity contribution in [2.45, 2.75) is 104 Å². The average molecular weight is 411 g/mol. The number of hydrogen-bond donors (Lipinski definition) is 1. The minimum atomic E-state index is -4.12. The maximum atomic E-state index is 11.5. The van der Waals surface area contributed by atoms with E-state index in [0.29, 0.717) is 13.2 Å². The highest BCUT2D eigenvalue weighted by Crippen LogP contribution is 2.43. The second-order valence-electron chi connectivity index (χ2n) is 6.99. The second kappa shape index (κ2) is 20.8. The fraction of sp³-hybridized carbons (Fsp3) is 1.00. The minimum Gasteiger partial charge on any atom is -0.379 e. The van der Waals surface area contributed by atoms with Gasteiger partial charge in [-0.15, -0.1) is 4.67 Å². The van der Waals surface area contributed by atoms with Crippen molar-refractivity contribution in [2.24, 2.45) is 0 Å². The van der Waals surface area contributed by atoms with Crippen LogP contribution in [0.5, 0.6) is 0 Å². The first-order chi connectivity index (χ1) is 13.1. The predicted octanol–water partition coefficient (Wildman–Crippen LogP) is 6.57. The maximum Gasteiger partial charge on any atom is 0.499 e. The lowest BCUT2D eigenvalue weighted by Gasteiger charge is -2.10. The van der Waals surface area contributed by atoms with Crippen molar-refractivity contribution in [1.29, 1.82) is 0 Å². The van der Waals surface area contributed by atoms with E-state index >= 15 is 0 Å². The molecule has 0 aromatic rings. The summed E-state index contributed by atoms with van der Waals surface area (Å²) in [6.07, 6.45) is 18.0. The summed E-state index contributed by atoms with van der Waals surface area (Å²) in [5, 5.41) is 0. The molecule has 1 atom stereocenters. The topological polar surface area (TPSA) is 74.2 Å². The lowest BCUT2D eigenvalue weighted by atomic mass is 10.0. The van der Waals surface area contributed by atoms with Gasteiger partial charge >= 0.3 is 7.82 Å². The van der Waals surface area contributed by atoms with Crippen molar-refractivity contribution >= 4 is 7.82 Å².